The van der Waals surface area contributed by atoms with Crippen molar-refractivity contribution in [1.29, 1.82) is 0 Å². The molecule has 3 aromatic rings. The highest BCUT2D eigenvalue weighted by Gasteiger charge is 2.16. The van der Waals surface area contributed by atoms with Crippen LogP contribution in [0.2, 0.25) is 0 Å². The van der Waals surface area contributed by atoms with Crippen LogP contribution >= 0.6 is 0 Å². The Kier molecular flexibility index (Phi) is 4.68. The molecular formula is C16H18N4O3. The molecule has 0 radical (unpaired) electrons. The smallest absolute Gasteiger partial charge is 0.263 e. The molecule has 7 heteroatoms. The zero-order valence-electron chi connectivity index (χ0n) is 13.1. The average Bonchev–Trinajstić information content (AvgIpc) is 3.04. The monoisotopic (exact) mass is 314 g/mol. The average molecular weight is 314 g/mol. The minimum absolute atomic E-state index is 0.451. The zero-order valence-corrected chi connectivity index (χ0v) is 13.1. The van der Waals surface area contributed by atoms with E-state index in [1.54, 1.807) is 14.2 Å². The van der Waals surface area contributed by atoms with E-state index < -0.39 is 0 Å². The van der Waals surface area contributed by atoms with Crippen molar-refractivity contribution < 1.29 is 14.0 Å². The summed E-state index contributed by atoms with van der Waals surface area (Å²) in [5, 5.41) is 8.20. The molecule has 1 N–H and O–H groups in total. The van der Waals surface area contributed by atoms with Crippen molar-refractivity contribution in [3.8, 4) is 17.0 Å². The summed E-state index contributed by atoms with van der Waals surface area (Å²) in [5.74, 6) is 1.45. The third-order valence-corrected chi connectivity index (χ3v) is 3.43. The van der Waals surface area contributed by atoms with Crippen LogP contribution in [0.3, 0.4) is 0 Å². The molecule has 0 bridgehead atoms. The quantitative estimate of drug-likeness (QED) is 0.671. The van der Waals surface area contributed by atoms with E-state index in [-0.39, 0.29) is 0 Å². The molecule has 0 fully saturated rings. The minimum atomic E-state index is 0.451. The second-order valence-electron chi connectivity index (χ2n) is 4.94. The molecule has 2 aromatic heterocycles. The van der Waals surface area contributed by atoms with Gasteiger partial charge in [-0.25, -0.2) is 4.98 Å². The molecular weight excluding hydrogens is 296 g/mol. The molecule has 0 aliphatic rings. The van der Waals surface area contributed by atoms with Crippen LogP contribution in [0, 0.1) is 0 Å². The third-order valence-electron chi connectivity index (χ3n) is 3.43. The van der Waals surface area contributed by atoms with Crippen LogP contribution in [0.15, 0.2) is 35.1 Å². The molecule has 0 amide bonds. The predicted octanol–water partition coefficient (Wildman–Crippen LogP) is 2.74. The van der Waals surface area contributed by atoms with Crippen molar-refractivity contribution in [1.82, 2.24) is 15.1 Å². The molecule has 7 nitrogen and oxygen atoms in total. The van der Waals surface area contributed by atoms with Gasteiger partial charge in [0.15, 0.2) is 0 Å². The Morgan fingerprint density at radius 3 is 2.96 bits per heavy atom. The molecule has 1 aromatic carbocycles. The second kappa shape index (κ2) is 7.06. The lowest BCUT2D eigenvalue weighted by molar-refractivity contribution is 0.198. The second-order valence-corrected chi connectivity index (χ2v) is 4.94. The van der Waals surface area contributed by atoms with Gasteiger partial charge in [-0.1, -0.05) is 17.3 Å². The van der Waals surface area contributed by atoms with Gasteiger partial charge in [0.1, 0.15) is 29.0 Å². The van der Waals surface area contributed by atoms with Crippen molar-refractivity contribution in [2.24, 2.45) is 0 Å². The number of aromatic nitrogens is 3. The van der Waals surface area contributed by atoms with E-state index in [1.807, 2.05) is 24.3 Å². The van der Waals surface area contributed by atoms with Gasteiger partial charge in [0, 0.05) is 25.8 Å². The lowest BCUT2D eigenvalue weighted by Crippen LogP contribution is -2.06. The van der Waals surface area contributed by atoms with Crippen molar-refractivity contribution >= 4 is 16.9 Å². The van der Waals surface area contributed by atoms with Crippen LogP contribution in [0.5, 0.6) is 5.75 Å². The van der Waals surface area contributed by atoms with Gasteiger partial charge < -0.3 is 19.3 Å². The van der Waals surface area contributed by atoms with E-state index in [1.165, 1.54) is 6.33 Å². The van der Waals surface area contributed by atoms with Gasteiger partial charge in [-0.2, -0.15) is 4.98 Å². The SMILES string of the molecule is COCCCNc1ncnc2onc(-c3cccc(OC)c3)c12. The highest BCUT2D eigenvalue weighted by atomic mass is 16.5. The fraction of sp³-hybridized carbons (Fsp3) is 0.312. The summed E-state index contributed by atoms with van der Waals surface area (Å²) < 4.78 is 15.7. The molecule has 0 unspecified atom stereocenters. The first-order valence-corrected chi connectivity index (χ1v) is 7.31. The minimum Gasteiger partial charge on any atom is -0.497 e. The summed E-state index contributed by atoms with van der Waals surface area (Å²) in [7, 11) is 3.32. The van der Waals surface area contributed by atoms with Gasteiger partial charge in [-0.05, 0) is 18.6 Å². The lowest BCUT2D eigenvalue weighted by atomic mass is 10.1. The van der Waals surface area contributed by atoms with E-state index in [9.17, 15) is 0 Å². The standard InChI is InChI=1S/C16H18N4O3/c1-21-8-4-7-17-15-13-14(20-23-16(13)19-10-18-15)11-5-3-6-12(9-11)22-2/h3,5-6,9-10H,4,7-8H2,1-2H3,(H,17,18,19). The number of hydrogen-bond acceptors (Lipinski definition) is 7. The van der Waals surface area contributed by atoms with Gasteiger partial charge in [0.05, 0.1) is 7.11 Å². The number of nitrogens with one attached hydrogen (secondary N) is 1. The maximum atomic E-state index is 5.34. The van der Waals surface area contributed by atoms with Gasteiger partial charge in [0.25, 0.3) is 5.71 Å². The van der Waals surface area contributed by atoms with Crippen LogP contribution in [-0.4, -0.2) is 42.5 Å². The van der Waals surface area contributed by atoms with Crippen LogP contribution < -0.4 is 10.1 Å². The summed E-state index contributed by atoms with van der Waals surface area (Å²) >= 11 is 0. The van der Waals surface area contributed by atoms with Crippen LogP contribution in [0.1, 0.15) is 6.42 Å². The van der Waals surface area contributed by atoms with Crippen molar-refractivity contribution in [2.45, 2.75) is 6.42 Å². The lowest BCUT2D eigenvalue weighted by Gasteiger charge is -2.07. The predicted molar refractivity (Wildman–Crippen MR) is 86.6 cm³/mol. The molecule has 0 aliphatic carbocycles. The Hall–Kier alpha value is -2.67. The number of methoxy groups -OCH3 is 2. The first kappa shape index (κ1) is 15.2. The Bertz CT molecular complexity index is 788. The summed E-state index contributed by atoms with van der Waals surface area (Å²) in [6.45, 7) is 1.43. The van der Waals surface area contributed by atoms with Crippen LogP contribution in [0.4, 0.5) is 5.82 Å². The molecule has 120 valence electrons. The van der Waals surface area contributed by atoms with Gasteiger partial charge in [0.2, 0.25) is 0 Å². The number of anilines is 1. The van der Waals surface area contributed by atoms with E-state index >= 15 is 0 Å². The Balaban J connectivity index is 1.97. The van der Waals surface area contributed by atoms with Crippen molar-refractivity contribution in [3.63, 3.8) is 0 Å². The summed E-state index contributed by atoms with van der Waals surface area (Å²) in [5.41, 5.74) is 2.03. The molecule has 3 rings (SSSR count). The number of nitrogens with zero attached hydrogens (tertiary/aromatic N) is 3. The third kappa shape index (κ3) is 3.24. The highest BCUT2D eigenvalue weighted by Crippen LogP contribution is 2.32. The Morgan fingerprint density at radius 1 is 1.22 bits per heavy atom. The van der Waals surface area contributed by atoms with E-state index in [0.29, 0.717) is 23.8 Å². The first-order valence-electron chi connectivity index (χ1n) is 7.31. The van der Waals surface area contributed by atoms with Gasteiger partial charge in [-0.15, -0.1) is 0 Å². The molecule has 0 spiro atoms. The molecule has 0 saturated carbocycles. The Morgan fingerprint density at radius 2 is 2.13 bits per heavy atom. The fourth-order valence-electron chi connectivity index (χ4n) is 2.31. The molecule has 0 saturated heterocycles. The van der Waals surface area contributed by atoms with Crippen molar-refractivity contribution in [3.05, 3.63) is 30.6 Å². The Labute approximate surface area is 133 Å². The number of ether oxygens (including phenoxy) is 2. The maximum absolute atomic E-state index is 5.34. The number of hydrogen-bond donors (Lipinski definition) is 1. The number of fused-ring (bicyclic) bond motifs is 1. The first-order chi connectivity index (χ1) is 11.3. The molecule has 0 atom stereocenters. The largest absolute Gasteiger partial charge is 0.497 e. The van der Waals surface area contributed by atoms with E-state index in [4.69, 9.17) is 14.0 Å². The highest BCUT2D eigenvalue weighted by molar-refractivity contribution is 5.97. The van der Waals surface area contributed by atoms with Gasteiger partial charge >= 0.3 is 0 Å². The zero-order chi connectivity index (χ0) is 16.1. The van der Waals surface area contributed by atoms with Gasteiger partial charge in [-0.3, -0.25) is 0 Å². The number of benzene rings is 1. The summed E-state index contributed by atoms with van der Waals surface area (Å²) in [4.78, 5) is 8.45. The summed E-state index contributed by atoms with van der Waals surface area (Å²) in [6.07, 6.45) is 2.34. The number of rotatable bonds is 7. The molecule has 0 aliphatic heterocycles. The topological polar surface area (TPSA) is 82.3 Å². The van der Waals surface area contributed by atoms with Crippen LogP contribution in [-0.2, 0) is 4.74 Å². The molecule has 23 heavy (non-hydrogen) atoms. The van der Waals surface area contributed by atoms with Crippen LogP contribution in [0.25, 0.3) is 22.4 Å². The molecule has 2 heterocycles. The van der Waals surface area contributed by atoms with Crippen molar-refractivity contribution in [2.75, 3.05) is 32.7 Å². The summed E-state index contributed by atoms with van der Waals surface area (Å²) in [6, 6.07) is 7.64. The van der Waals surface area contributed by atoms with E-state index in [0.717, 1.165) is 29.7 Å². The normalized spacial score (nSPS) is 10.9. The fourth-order valence-corrected chi connectivity index (χ4v) is 2.31. The van der Waals surface area contributed by atoms with E-state index in [2.05, 4.69) is 20.4 Å². The maximum Gasteiger partial charge on any atom is 0.263 e.